The van der Waals surface area contributed by atoms with Gasteiger partial charge in [0, 0.05) is 23.3 Å². The zero-order valence-corrected chi connectivity index (χ0v) is 16.7. The molecule has 2 heterocycles. The van der Waals surface area contributed by atoms with E-state index in [0.29, 0.717) is 28.7 Å². The van der Waals surface area contributed by atoms with Gasteiger partial charge >= 0.3 is 0 Å². The molecule has 3 rings (SSSR count). The molecule has 0 atom stereocenters. The van der Waals surface area contributed by atoms with Crippen LogP contribution in [0.2, 0.25) is 0 Å². The SMILES string of the molecule is CCCCOc1ccc(/C=C(\C#N)c2nc(-c3ccncc3)cs2)cc1OC. The monoisotopic (exact) mass is 391 g/mol. The number of hydrogen-bond acceptors (Lipinski definition) is 6. The quantitative estimate of drug-likeness (QED) is 0.377. The minimum absolute atomic E-state index is 0.506. The Morgan fingerprint density at radius 2 is 2.04 bits per heavy atom. The lowest BCUT2D eigenvalue weighted by molar-refractivity contribution is 0.288. The highest BCUT2D eigenvalue weighted by Crippen LogP contribution is 2.31. The van der Waals surface area contributed by atoms with Crippen molar-refractivity contribution in [3.63, 3.8) is 0 Å². The number of rotatable bonds is 8. The first-order valence-electron chi connectivity index (χ1n) is 9.04. The maximum atomic E-state index is 9.63. The van der Waals surface area contributed by atoms with Crippen LogP contribution in [0, 0.1) is 11.3 Å². The van der Waals surface area contributed by atoms with E-state index >= 15 is 0 Å². The molecule has 0 aliphatic carbocycles. The molecular weight excluding hydrogens is 370 g/mol. The predicted octanol–water partition coefficient (Wildman–Crippen LogP) is 5.46. The average molecular weight is 391 g/mol. The number of nitriles is 1. The summed E-state index contributed by atoms with van der Waals surface area (Å²) in [7, 11) is 1.61. The number of hydrogen-bond donors (Lipinski definition) is 0. The Balaban J connectivity index is 1.85. The molecule has 0 amide bonds. The van der Waals surface area contributed by atoms with E-state index in [1.165, 1.54) is 11.3 Å². The van der Waals surface area contributed by atoms with Crippen molar-refractivity contribution in [2.75, 3.05) is 13.7 Å². The van der Waals surface area contributed by atoms with Gasteiger partial charge in [0.1, 0.15) is 11.1 Å². The molecule has 142 valence electrons. The summed E-state index contributed by atoms with van der Waals surface area (Å²) in [4.78, 5) is 8.62. The van der Waals surface area contributed by atoms with Gasteiger partial charge in [0.25, 0.3) is 0 Å². The van der Waals surface area contributed by atoms with E-state index in [0.717, 1.165) is 29.7 Å². The molecule has 5 nitrogen and oxygen atoms in total. The molecule has 1 aromatic carbocycles. The van der Waals surface area contributed by atoms with Gasteiger partial charge in [-0.2, -0.15) is 5.26 Å². The zero-order chi connectivity index (χ0) is 19.8. The summed E-state index contributed by atoms with van der Waals surface area (Å²) in [6.07, 6.45) is 7.34. The molecule has 0 aliphatic rings. The maximum absolute atomic E-state index is 9.63. The van der Waals surface area contributed by atoms with Crippen LogP contribution in [0.5, 0.6) is 11.5 Å². The number of pyridine rings is 1. The summed E-state index contributed by atoms with van der Waals surface area (Å²) < 4.78 is 11.2. The van der Waals surface area contributed by atoms with Gasteiger partial charge in [-0.1, -0.05) is 19.4 Å². The molecule has 0 saturated carbocycles. The lowest BCUT2D eigenvalue weighted by atomic mass is 10.1. The fourth-order valence-corrected chi connectivity index (χ4v) is 3.38. The third-order valence-electron chi connectivity index (χ3n) is 4.09. The molecule has 0 radical (unpaired) electrons. The highest BCUT2D eigenvalue weighted by Gasteiger charge is 2.10. The minimum atomic E-state index is 0.506. The Kier molecular flexibility index (Phi) is 6.77. The molecule has 0 aliphatic heterocycles. The number of allylic oxidation sites excluding steroid dienone is 1. The van der Waals surface area contributed by atoms with Crippen molar-refractivity contribution in [2.45, 2.75) is 19.8 Å². The fourth-order valence-electron chi connectivity index (χ4n) is 2.58. The Labute approximate surface area is 168 Å². The number of thiazole rings is 1. The number of aromatic nitrogens is 2. The largest absolute Gasteiger partial charge is 0.493 e. The van der Waals surface area contributed by atoms with E-state index in [4.69, 9.17) is 9.47 Å². The van der Waals surface area contributed by atoms with Crippen LogP contribution in [-0.2, 0) is 0 Å². The summed E-state index contributed by atoms with van der Waals surface area (Å²) in [5, 5.41) is 12.3. The number of nitrogens with zero attached hydrogens (tertiary/aromatic N) is 3. The van der Waals surface area contributed by atoms with E-state index in [1.54, 1.807) is 19.5 Å². The normalized spacial score (nSPS) is 11.1. The third kappa shape index (κ3) is 4.76. The van der Waals surface area contributed by atoms with Crippen molar-refractivity contribution in [1.82, 2.24) is 9.97 Å². The van der Waals surface area contributed by atoms with Crippen LogP contribution >= 0.6 is 11.3 Å². The van der Waals surface area contributed by atoms with Gasteiger partial charge in [0.15, 0.2) is 11.5 Å². The minimum Gasteiger partial charge on any atom is -0.493 e. The second kappa shape index (κ2) is 9.67. The summed E-state index contributed by atoms with van der Waals surface area (Å²) in [6.45, 7) is 2.78. The molecule has 0 bridgehead atoms. The number of ether oxygens (including phenoxy) is 2. The van der Waals surface area contributed by atoms with Crippen LogP contribution in [0.4, 0.5) is 0 Å². The Morgan fingerprint density at radius 3 is 2.75 bits per heavy atom. The Bertz CT molecular complexity index is 991. The van der Waals surface area contributed by atoms with Gasteiger partial charge in [-0.3, -0.25) is 4.98 Å². The second-order valence-corrected chi connectivity index (χ2v) is 6.91. The first-order valence-corrected chi connectivity index (χ1v) is 9.92. The topological polar surface area (TPSA) is 68.0 Å². The van der Waals surface area contributed by atoms with E-state index in [9.17, 15) is 5.26 Å². The first kappa shape index (κ1) is 19.6. The van der Waals surface area contributed by atoms with Gasteiger partial charge in [0.05, 0.1) is 25.0 Å². The van der Waals surface area contributed by atoms with Gasteiger partial charge in [-0.05, 0) is 42.3 Å². The number of benzene rings is 1. The summed E-state index contributed by atoms with van der Waals surface area (Å²) in [5.41, 5.74) is 3.18. The summed E-state index contributed by atoms with van der Waals surface area (Å²) in [6, 6.07) is 11.7. The van der Waals surface area contributed by atoms with Crippen LogP contribution < -0.4 is 9.47 Å². The fraction of sp³-hybridized carbons (Fsp3) is 0.227. The molecule has 28 heavy (non-hydrogen) atoms. The lowest BCUT2D eigenvalue weighted by Gasteiger charge is -2.11. The molecule has 0 spiro atoms. The van der Waals surface area contributed by atoms with Crippen LogP contribution in [0.15, 0.2) is 48.1 Å². The summed E-state index contributed by atoms with van der Waals surface area (Å²) in [5.74, 6) is 1.36. The second-order valence-electron chi connectivity index (χ2n) is 6.06. The van der Waals surface area contributed by atoms with Crippen LogP contribution in [0.3, 0.4) is 0 Å². The van der Waals surface area contributed by atoms with E-state index in [1.807, 2.05) is 41.8 Å². The van der Waals surface area contributed by atoms with Gasteiger partial charge in [-0.25, -0.2) is 4.98 Å². The van der Waals surface area contributed by atoms with Crippen LogP contribution in [0.25, 0.3) is 22.9 Å². The number of methoxy groups -OCH3 is 1. The average Bonchev–Trinajstić information content (AvgIpc) is 3.23. The molecule has 0 N–H and O–H groups in total. The Morgan fingerprint density at radius 1 is 1.21 bits per heavy atom. The molecule has 0 saturated heterocycles. The molecule has 6 heteroatoms. The molecule has 3 aromatic rings. The molecule has 0 unspecified atom stereocenters. The van der Waals surface area contributed by atoms with Crippen LogP contribution in [0.1, 0.15) is 30.3 Å². The van der Waals surface area contributed by atoms with Crippen molar-refractivity contribution in [3.05, 3.63) is 58.7 Å². The molecule has 0 fully saturated rings. The van der Waals surface area contributed by atoms with Gasteiger partial charge in [0.2, 0.25) is 0 Å². The maximum Gasteiger partial charge on any atom is 0.161 e. The smallest absolute Gasteiger partial charge is 0.161 e. The van der Waals surface area contributed by atoms with Crippen molar-refractivity contribution in [1.29, 1.82) is 5.26 Å². The van der Waals surface area contributed by atoms with E-state index in [2.05, 4.69) is 23.0 Å². The standard InChI is InChI=1S/C22H21N3O2S/c1-3-4-11-27-20-6-5-16(13-21(20)26-2)12-18(14-23)22-25-19(15-28-22)17-7-9-24-10-8-17/h5-10,12-13,15H,3-4,11H2,1-2H3/b18-12+. The van der Waals surface area contributed by atoms with Crippen molar-refractivity contribution < 1.29 is 9.47 Å². The van der Waals surface area contributed by atoms with E-state index < -0.39 is 0 Å². The van der Waals surface area contributed by atoms with Gasteiger partial charge < -0.3 is 9.47 Å². The Hall–Kier alpha value is -3.17. The zero-order valence-electron chi connectivity index (χ0n) is 15.9. The highest BCUT2D eigenvalue weighted by molar-refractivity contribution is 7.11. The molecule has 2 aromatic heterocycles. The number of unbranched alkanes of at least 4 members (excludes halogenated alkanes) is 1. The van der Waals surface area contributed by atoms with Crippen molar-refractivity contribution in [3.8, 4) is 28.8 Å². The third-order valence-corrected chi connectivity index (χ3v) is 4.96. The predicted molar refractivity (Wildman–Crippen MR) is 112 cm³/mol. The van der Waals surface area contributed by atoms with Gasteiger partial charge in [-0.15, -0.1) is 11.3 Å². The van der Waals surface area contributed by atoms with Crippen LogP contribution in [-0.4, -0.2) is 23.7 Å². The van der Waals surface area contributed by atoms with E-state index in [-0.39, 0.29) is 0 Å². The van der Waals surface area contributed by atoms with Crippen molar-refractivity contribution >= 4 is 23.0 Å². The highest BCUT2D eigenvalue weighted by atomic mass is 32.1. The lowest BCUT2D eigenvalue weighted by Crippen LogP contribution is -1.99. The first-order chi connectivity index (χ1) is 13.7. The summed E-state index contributed by atoms with van der Waals surface area (Å²) >= 11 is 1.44. The van der Waals surface area contributed by atoms with Crippen molar-refractivity contribution in [2.24, 2.45) is 0 Å². The molecular formula is C22H21N3O2S.